The molecule has 0 radical (unpaired) electrons. The lowest BCUT2D eigenvalue weighted by Gasteiger charge is -2.10. The second-order valence-electron chi connectivity index (χ2n) is 6.36. The van der Waals surface area contributed by atoms with E-state index >= 15 is 0 Å². The fourth-order valence-corrected chi connectivity index (χ4v) is 3.07. The summed E-state index contributed by atoms with van der Waals surface area (Å²) in [6.45, 7) is 2.38. The van der Waals surface area contributed by atoms with Crippen molar-refractivity contribution in [3.05, 3.63) is 93.5 Å². The second kappa shape index (κ2) is 9.89. The lowest BCUT2D eigenvalue weighted by atomic mass is 10.1. The van der Waals surface area contributed by atoms with E-state index in [0.717, 1.165) is 21.2 Å². The molecule has 0 bridgehead atoms. The zero-order valence-electron chi connectivity index (χ0n) is 16.2. The van der Waals surface area contributed by atoms with Crippen molar-refractivity contribution < 1.29 is 14.3 Å². The SMILES string of the molecule is COc1cc(C)ccc1C(=O)N/N=C\c1cc(Br)ccc1OCc1ccccc1. The van der Waals surface area contributed by atoms with E-state index in [1.807, 2.05) is 67.6 Å². The number of halogens is 1. The van der Waals surface area contributed by atoms with Crippen molar-refractivity contribution in [1.82, 2.24) is 5.43 Å². The number of ether oxygens (including phenoxy) is 2. The highest BCUT2D eigenvalue weighted by Crippen LogP contribution is 2.23. The third kappa shape index (κ3) is 5.68. The van der Waals surface area contributed by atoms with Gasteiger partial charge in [0.1, 0.15) is 18.1 Å². The summed E-state index contributed by atoms with van der Waals surface area (Å²) < 4.78 is 12.1. The maximum Gasteiger partial charge on any atom is 0.275 e. The molecule has 1 amide bonds. The molecule has 0 aliphatic heterocycles. The molecule has 0 saturated heterocycles. The van der Waals surface area contributed by atoms with Crippen LogP contribution in [0.5, 0.6) is 11.5 Å². The van der Waals surface area contributed by atoms with E-state index in [9.17, 15) is 4.79 Å². The summed E-state index contributed by atoms with van der Waals surface area (Å²) in [5.74, 6) is 0.829. The number of methoxy groups -OCH3 is 1. The van der Waals surface area contributed by atoms with Gasteiger partial charge in [0, 0.05) is 10.0 Å². The van der Waals surface area contributed by atoms with Gasteiger partial charge < -0.3 is 9.47 Å². The standard InChI is InChI=1S/C23H21BrN2O3/c1-16-8-10-20(22(12-16)28-2)23(27)26-25-14-18-13-19(24)9-11-21(18)29-15-17-6-4-3-5-7-17/h3-14H,15H2,1-2H3,(H,26,27)/b25-14-. The molecule has 0 saturated carbocycles. The van der Waals surface area contributed by atoms with Crippen molar-refractivity contribution in [2.75, 3.05) is 7.11 Å². The van der Waals surface area contributed by atoms with Crippen LogP contribution in [0.4, 0.5) is 0 Å². The topological polar surface area (TPSA) is 59.9 Å². The number of benzene rings is 3. The van der Waals surface area contributed by atoms with E-state index < -0.39 is 0 Å². The van der Waals surface area contributed by atoms with E-state index in [1.54, 1.807) is 12.3 Å². The second-order valence-corrected chi connectivity index (χ2v) is 7.27. The first-order valence-electron chi connectivity index (χ1n) is 9.01. The largest absolute Gasteiger partial charge is 0.496 e. The highest BCUT2D eigenvalue weighted by Gasteiger charge is 2.11. The summed E-state index contributed by atoms with van der Waals surface area (Å²) in [5.41, 5.74) is 5.78. The lowest BCUT2D eigenvalue weighted by molar-refractivity contribution is 0.0952. The van der Waals surface area contributed by atoms with Gasteiger partial charge in [0.25, 0.3) is 5.91 Å². The molecule has 0 aliphatic rings. The van der Waals surface area contributed by atoms with E-state index in [1.165, 1.54) is 7.11 Å². The van der Waals surface area contributed by atoms with E-state index in [4.69, 9.17) is 9.47 Å². The molecule has 6 heteroatoms. The molecule has 1 N–H and O–H groups in total. The number of carbonyl (C=O) groups excluding carboxylic acids is 1. The minimum atomic E-state index is -0.347. The number of hydrogen-bond donors (Lipinski definition) is 1. The third-order valence-electron chi connectivity index (χ3n) is 4.18. The van der Waals surface area contributed by atoms with Gasteiger partial charge in [-0.1, -0.05) is 52.3 Å². The maximum atomic E-state index is 12.4. The van der Waals surface area contributed by atoms with Crippen LogP contribution < -0.4 is 14.9 Å². The predicted octanol–water partition coefficient (Wildman–Crippen LogP) is 5.11. The first-order valence-corrected chi connectivity index (χ1v) is 9.80. The zero-order valence-corrected chi connectivity index (χ0v) is 17.8. The molecule has 0 unspecified atom stereocenters. The van der Waals surface area contributed by atoms with Gasteiger partial charge >= 0.3 is 0 Å². The Labute approximate surface area is 178 Å². The molecule has 0 heterocycles. The minimum Gasteiger partial charge on any atom is -0.496 e. The van der Waals surface area contributed by atoms with Gasteiger partial charge in [-0.05, 0) is 48.4 Å². The van der Waals surface area contributed by atoms with Crippen molar-refractivity contribution >= 4 is 28.1 Å². The summed E-state index contributed by atoms with van der Waals surface area (Å²) >= 11 is 3.45. The van der Waals surface area contributed by atoms with E-state index in [2.05, 4.69) is 26.5 Å². The number of aryl methyl sites for hydroxylation is 1. The Kier molecular flexibility index (Phi) is 7.03. The summed E-state index contributed by atoms with van der Waals surface area (Å²) in [7, 11) is 1.53. The molecule has 0 atom stereocenters. The van der Waals surface area contributed by atoms with Gasteiger partial charge in [0.2, 0.25) is 0 Å². The summed E-state index contributed by atoms with van der Waals surface area (Å²) in [4.78, 5) is 12.4. The summed E-state index contributed by atoms with van der Waals surface area (Å²) in [6, 6.07) is 20.9. The van der Waals surface area contributed by atoms with Crippen LogP contribution in [0.15, 0.2) is 76.3 Å². The number of amides is 1. The Morgan fingerprint density at radius 2 is 1.86 bits per heavy atom. The Hall–Kier alpha value is -3.12. The van der Waals surface area contributed by atoms with Gasteiger partial charge in [0.05, 0.1) is 18.9 Å². The van der Waals surface area contributed by atoms with Gasteiger partial charge in [-0.25, -0.2) is 5.43 Å². The van der Waals surface area contributed by atoms with Crippen LogP contribution in [-0.4, -0.2) is 19.2 Å². The van der Waals surface area contributed by atoms with Crippen LogP contribution in [0.2, 0.25) is 0 Å². The van der Waals surface area contributed by atoms with Gasteiger partial charge in [-0.2, -0.15) is 5.10 Å². The number of hydrazone groups is 1. The molecule has 3 rings (SSSR count). The van der Waals surface area contributed by atoms with Crippen molar-refractivity contribution in [3.63, 3.8) is 0 Å². The van der Waals surface area contributed by atoms with Crippen molar-refractivity contribution in [3.8, 4) is 11.5 Å². The number of rotatable bonds is 7. The first-order chi connectivity index (χ1) is 14.1. The third-order valence-corrected chi connectivity index (χ3v) is 4.67. The molecule has 3 aromatic carbocycles. The van der Waals surface area contributed by atoms with Gasteiger partial charge in [0.15, 0.2) is 0 Å². The summed E-state index contributed by atoms with van der Waals surface area (Å²) in [5, 5.41) is 4.09. The van der Waals surface area contributed by atoms with Crippen LogP contribution in [0.25, 0.3) is 0 Å². The molecule has 3 aromatic rings. The molecule has 5 nitrogen and oxygen atoms in total. The molecule has 0 fully saturated rings. The molecule has 0 spiro atoms. The molecular formula is C23H21BrN2O3. The van der Waals surface area contributed by atoms with Gasteiger partial charge in [-0.15, -0.1) is 0 Å². The average molecular weight is 453 g/mol. The monoisotopic (exact) mass is 452 g/mol. The summed E-state index contributed by atoms with van der Waals surface area (Å²) in [6.07, 6.45) is 1.56. The number of nitrogens with zero attached hydrogens (tertiary/aromatic N) is 1. The normalized spacial score (nSPS) is 10.7. The van der Waals surface area contributed by atoms with Crippen LogP contribution in [-0.2, 0) is 6.61 Å². The predicted molar refractivity (Wildman–Crippen MR) is 118 cm³/mol. The molecule has 148 valence electrons. The first kappa shape index (κ1) is 20.6. The maximum absolute atomic E-state index is 12.4. The smallest absolute Gasteiger partial charge is 0.275 e. The quantitative estimate of drug-likeness (QED) is 0.400. The highest BCUT2D eigenvalue weighted by molar-refractivity contribution is 9.10. The van der Waals surface area contributed by atoms with Crippen molar-refractivity contribution in [1.29, 1.82) is 0 Å². The average Bonchev–Trinajstić information content (AvgIpc) is 2.73. The number of nitrogens with one attached hydrogen (secondary N) is 1. The fraction of sp³-hybridized carbons (Fsp3) is 0.130. The van der Waals surface area contributed by atoms with Gasteiger partial charge in [-0.3, -0.25) is 4.79 Å². The van der Waals surface area contributed by atoms with Crippen LogP contribution in [0.1, 0.15) is 27.0 Å². The molecule has 29 heavy (non-hydrogen) atoms. The molecule has 0 aliphatic carbocycles. The van der Waals surface area contributed by atoms with Crippen molar-refractivity contribution in [2.24, 2.45) is 5.10 Å². The Bertz CT molecular complexity index is 1020. The highest BCUT2D eigenvalue weighted by atomic mass is 79.9. The molecular weight excluding hydrogens is 432 g/mol. The van der Waals surface area contributed by atoms with Crippen molar-refractivity contribution in [2.45, 2.75) is 13.5 Å². The fourth-order valence-electron chi connectivity index (χ4n) is 2.69. The van der Waals surface area contributed by atoms with Crippen LogP contribution in [0.3, 0.4) is 0 Å². The number of carbonyl (C=O) groups is 1. The Balaban J connectivity index is 1.71. The van der Waals surface area contributed by atoms with E-state index in [-0.39, 0.29) is 5.91 Å². The van der Waals surface area contributed by atoms with Crippen LogP contribution >= 0.6 is 15.9 Å². The van der Waals surface area contributed by atoms with Crippen LogP contribution in [0, 0.1) is 6.92 Å². The molecule has 0 aromatic heterocycles. The zero-order chi connectivity index (χ0) is 20.6. The number of hydrogen-bond acceptors (Lipinski definition) is 4. The Morgan fingerprint density at radius 3 is 2.62 bits per heavy atom. The Morgan fingerprint density at radius 1 is 1.07 bits per heavy atom. The minimum absolute atomic E-state index is 0.347. The van der Waals surface area contributed by atoms with E-state index in [0.29, 0.717) is 23.7 Å². The lowest BCUT2D eigenvalue weighted by Crippen LogP contribution is -2.18.